The Morgan fingerprint density at radius 2 is 1.86 bits per heavy atom. The monoisotopic (exact) mass is 427 g/mol. The molecule has 2 aromatic rings. The fourth-order valence-electron chi connectivity index (χ4n) is 4.09. The van der Waals surface area contributed by atoms with Gasteiger partial charge < -0.3 is 10.1 Å². The first-order valence-electron chi connectivity index (χ1n) is 9.93. The molecule has 29 heavy (non-hydrogen) atoms. The van der Waals surface area contributed by atoms with Gasteiger partial charge in [-0.2, -0.15) is 0 Å². The number of hydrogen-bond acceptors (Lipinski definition) is 6. The maximum Gasteiger partial charge on any atom is 0.336 e. The second-order valence-electron chi connectivity index (χ2n) is 8.04. The highest BCUT2D eigenvalue weighted by molar-refractivity contribution is 7.10. The van der Waals surface area contributed by atoms with E-state index in [1.807, 2.05) is 44.4 Å². The van der Waals surface area contributed by atoms with Gasteiger partial charge in [0, 0.05) is 39.1 Å². The first-order chi connectivity index (χ1) is 14.0. The van der Waals surface area contributed by atoms with Crippen molar-refractivity contribution in [2.24, 2.45) is 5.92 Å². The summed E-state index contributed by atoms with van der Waals surface area (Å²) >= 11 is 3.28. The van der Waals surface area contributed by atoms with E-state index in [9.17, 15) is 9.59 Å². The Hall–Kier alpha value is -2.18. The third-order valence-electron chi connectivity index (χ3n) is 5.37. The Morgan fingerprint density at radius 1 is 1.17 bits per heavy atom. The Bertz CT molecular complexity index is 968. The van der Waals surface area contributed by atoms with Crippen LogP contribution in [0.4, 0.5) is 0 Å². The minimum atomic E-state index is -0.345. The van der Waals surface area contributed by atoms with Gasteiger partial charge in [0.2, 0.25) is 0 Å². The number of dihydropyridines is 1. The third-order valence-corrected chi connectivity index (χ3v) is 7.34. The van der Waals surface area contributed by atoms with Gasteiger partial charge in [-0.25, -0.2) is 4.79 Å². The van der Waals surface area contributed by atoms with Gasteiger partial charge >= 0.3 is 5.97 Å². The van der Waals surface area contributed by atoms with Gasteiger partial charge in [-0.3, -0.25) is 4.79 Å². The van der Waals surface area contributed by atoms with E-state index in [2.05, 4.69) is 16.8 Å². The lowest BCUT2D eigenvalue weighted by molar-refractivity contribution is -0.140. The normalized spacial score (nSPS) is 22.0. The number of rotatable bonds is 5. The highest BCUT2D eigenvalue weighted by atomic mass is 32.1. The van der Waals surface area contributed by atoms with Crippen LogP contribution in [-0.4, -0.2) is 18.4 Å². The zero-order valence-corrected chi connectivity index (χ0v) is 18.5. The van der Waals surface area contributed by atoms with Crippen LogP contribution in [-0.2, 0) is 14.3 Å². The lowest BCUT2D eigenvalue weighted by Gasteiger charge is -2.36. The van der Waals surface area contributed by atoms with E-state index in [0.717, 1.165) is 28.3 Å². The number of ether oxygens (including phenoxy) is 1. The van der Waals surface area contributed by atoms with E-state index < -0.39 is 0 Å². The maximum atomic E-state index is 13.3. The SMILES string of the molecule is CC1=C(C(=O)OCC(C)C)[C@@H](c2cccs2)C2=C(C[C@H](c3cccs3)CC2=O)N1. The van der Waals surface area contributed by atoms with Gasteiger partial charge in [0.15, 0.2) is 5.78 Å². The molecule has 0 fully saturated rings. The Balaban J connectivity index is 1.72. The van der Waals surface area contributed by atoms with Gasteiger partial charge in [-0.1, -0.05) is 26.0 Å². The number of ketones is 1. The minimum Gasteiger partial charge on any atom is -0.462 e. The van der Waals surface area contributed by atoms with E-state index in [-0.39, 0.29) is 29.5 Å². The lowest BCUT2D eigenvalue weighted by atomic mass is 9.74. The number of allylic oxidation sites excluding steroid dienone is 3. The molecule has 6 heteroatoms. The molecule has 4 rings (SSSR count). The van der Waals surface area contributed by atoms with E-state index >= 15 is 0 Å². The molecule has 1 aliphatic heterocycles. The van der Waals surface area contributed by atoms with Crippen molar-refractivity contribution in [3.63, 3.8) is 0 Å². The van der Waals surface area contributed by atoms with Crippen LogP contribution in [0.15, 0.2) is 57.6 Å². The number of nitrogens with one attached hydrogen (secondary N) is 1. The summed E-state index contributed by atoms with van der Waals surface area (Å²) in [6.07, 6.45) is 1.27. The lowest BCUT2D eigenvalue weighted by Crippen LogP contribution is -2.36. The van der Waals surface area contributed by atoms with E-state index in [4.69, 9.17) is 4.74 Å². The molecule has 152 valence electrons. The fraction of sp³-hybridized carbons (Fsp3) is 0.391. The van der Waals surface area contributed by atoms with Crippen LogP contribution in [0.25, 0.3) is 0 Å². The Labute approximate surface area is 179 Å². The van der Waals surface area contributed by atoms with Gasteiger partial charge in [0.25, 0.3) is 0 Å². The van der Waals surface area contributed by atoms with Gasteiger partial charge in [-0.15, -0.1) is 22.7 Å². The summed E-state index contributed by atoms with van der Waals surface area (Å²) in [5.41, 5.74) is 3.05. The van der Waals surface area contributed by atoms with Crippen molar-refractivity contribution < 1.29 is 14.3 Å². The number of carbonyl (C=O) groups is 2. The highest BCUT2D eigenvalue weighted by Crippen LogP contribution is 2.47. The summed E-state index contributed by atoms with van der Waals surface area (Å²) in [6.45, 7) is 6.31. The van der Waals surface area contributed by atoms with Crippen molar-refractivity contribution in [3.05, 3.63) is 67.3 Å². The summed E-state index contributed by atoms with van der Waals surface area (Å²) in [4.78, 5) is 28.6. The largest absolute Gasteiger partial charge is 0.462 e. The second kappa shape index (κ2) is 8.28. The van der Waals surface area contributed by atoms with Crippen molar-refractivity contribution in [1.29, 1.82) is 0 Å². The molecule has 0 saturated heterocycles. The summed E-state index contributed by atoms with van der Waals surface area (Å²) in [5.74, 6) is -0.101. The molecule has 0 saturated carbocycles. The number of hydrogen-bond donors (Lipinski definition) is 1. The molecule has 1 aliphatic carbocycles. The van der Waals surface area contributed by atoms with Crippen LogP contribution in [0.5, 0.6) is 0 Å². The summed E-state index contributed by atoms with van der Waals surface area (Å²) in [6, 6.07) is 8.11. The van der Waals surface area contributed by atoms with Crippen LogP contribution < -0.4 is 5.32 Å². The van der Waals surface area contributed by atoms with Crippen LogP contribution in [0.1, 0.15) is 55.2 Å². The minimum absolute atomic E-state index is 0.122. The molecule has 0 amide bonds. The molecule has 0 spiro atoms. The first kappa shape index (κ1) is 20.1. The third kappa shape index (κ3) is 3.96. The van der Waals surface area contributed by atoms with Crippen molar-refractivity contribution in [3.8, 4) is 0 Å². The van der Waals surface area contributed by atoms with Crippen LogP contribution in [0.3, 0.4) is 0 Å². The van der Waals surface area contributed by atoms with Gasteiger partial charge in [0.1, 0.15) is 0 Å². The molecular formula is C23H25NO3S2. The predicted molar refractivity (Wildman–Crippen MR) is 117 cm³/mol. The molecule has 0 radical (unpaired) electrons. The predicted octanol–water partition coefficient (Wildman–Crippen LogP) is 5.37. The molecule has 3 heterocycles. The number of esters is 1. The van der Waals surface area contributed by atoms with Crippen molar-refractivity contribution in [2.75, 3.05) is 6.61 Å². The van der Waals surface area contributed by atoms with E-state index in [0.29, 0.717) is 18.6 Å². The standard InChI is InChI=1S/C23H25NO3S2/c1-13(2)12-27-23(26)20-14(3)24-16-10-15(18-6-4-8-28-18)11-17(25)21(16)22(20)19-7-5-9-29-19/h4-9,13,15,22,24H,10-12H2,1-3H3/t15-,22+/m0/s1. The summed E-state index contributed by atoms with van der Waals surface area (Å²) < 4.78 is 5.57. The molecule has 0 bridgehead atoms. The molecule has 1 N–H and O–H groups in total. The van der Waals surface area contributed by atoms with E-state index in [1.54, 1.807) is 22.7 Å². The zero-order valence-electron chi connectivity index (χ0n) is 16.9. The summed E-state index contributed by atoms with van der Waals surface area (Å²) in [7, 11) is 0. The maximum absolute atomic E-state index is 13.3. The molecule has 2 aromatic heterocycles. The smallest absolute Gasteiger partial charge is 0.336 e. The van der Waals surface area contributed by atoms with Crippen LogP contribution >= 0.6 is 22.7 Å². The number of carbonyl (C=O) groups excluding carboxylic acids is 2. The zero-order chi connectivity index (χ0) is 20.5. The number of thiophene rings is 2. The quantitative estimate of drug-likeness (QED) is 0.652. The molecule has 4 nitrogen and oxygen atoms in total. The fourth-order valence-corrected chi connectivity index (χ4v) is 5.77. The molecule has 0 unspecified atom stereocenters. The summed E-state index contributed by atoms with van der Waals surface area (Å²) in [5, 5.41) is 7.45. The number of Topliss-reactive ketones (excluding diaryl/α,β-unsaturated/α-hetero) is 1. The van der Waals surface area contributed by atoms with E-state index in [1.165, 1.54) is 4.88 Å². The Morgan fingerprint density at radius 3 is 2.48 bits per heavy atom. The van der Waals surface area contributed by atoms with Crippen molar-refractivity contribution in [1.82, 2.24) is 5.32 Å². The second-order valence-corrected chi connectivity index (χ2v) is 10.00. The highest BCUT2D eigenvalue weighted by Gasteiger charge is 2.42. The van der Waals surface area contributed by atoms with Gasteiger partial charge in [0.05, 0.1) is 18.1 Å². The van der Waals surface area contributed by atoms with Crippen LogP contribution in [0.2, 0.25) is 0 Å². The average molecular weight is 428 g/mol. The average Bonchev–Trinajstić information content (AvgIpc) is 3.38. The topological polar surface area (TPSA) is 55.4 Å². The molecule has 0 aromatic carbocycles. The first-order valence-corrected chi connectivity index (χ1v) is 11.7. The molecule has 2 aliphatic rings. The Kier molecular flexibility index (Phi) is 5.74. The molecule has 2 atom stereocenters. The molecular weight excluding hydrogens is 402 g/mol. The van der Waals surface area contributed by atoms with Crippen molar-refractivity contribution >= 4 is 34.4 Å². The van der Waals surface area contributed by atoms with Crippen molar-refractivity contribution in [2.45, 2.75) is 45.4 Å². The van der Waals surface area contributed by atoms with Gasteiger partial charge in [-0.05, 0) is 42.2 Å². The van der Waals surface area contributed by atoms with Crippen LogP contribution in [0, 0.1) is 5.92 Å².